The number of halogens is 3. The number of hydrogen-bond donors (Lipinski definition) is 1. The van der Waals surface area contributed by atoms with Crippen LogP contribution in [-0.4, -0.2) is 20.2 Å². The molecule has 88 valence electrons. The number of hydrogen-bond acceptors (Lipinski definition) is 3. The van der Waals surface area contributed by atoms with Crippen LogP contribution in [0.5, 0.6) is 0 Å². The molecule has 0 saturated carbocycles. The first-order valence-corrected chi connectivity index (χ1v) is 5.39. The topological polar surface area (TPSA) is 54.5 Å². The van der Waals surface area contributed by atoms with Gasteiger partial charge in [-0.05, 0) is 18.0 Å². The van der Waals surface area contributed by atoms with E-state index in [1.54, 1.807) is 6.20 Å². The molecule has 0 unspecified atom stereocenters. The van der Waals surface area contributed by atoms with Gasteiger partial charge >= 0.3 is 0 Å². The van der Waals surface area contributed by atoms with E-state index in [2.05, 4.69) is 20.2 Å². The molecule has 0 aromatic carbocycles. The maximum atomic E-state index is 13.6. The SMILES string of the molecule is FC1(F)CCc2c(-c3cn[nH]c3)nc(Cl)nc21. The number of rotatable bonds is 1. The van der Waals surface area contributed by atoms with E-state index in [4.69, 9.17) is 11.6 Å². The second-order valence-electron chi connectivity index (χ2n) is 3.86. The van der Waals surface area contributed by atoms with Crippen molar-refractivity contribution in [2.75, 3.05) is 0 Å². The summed E-state index contributed by atoms with van der Waals surface area (Å²) in [5, 5.41) is 6.23. The highest BCUT2D eigenvalue weighted by Gasteiger charge is 2.43. The van der Waals surface area contributed by atoms with Gasteiger partial charge in [0.15, 0.2) is 0 Å². The molecular weight excluding hydrogens is 250 g/mol. The minimum atomic E-state index is -2.92. The van der Waals surface area contributed by atoms with Crippen LogP contribution in [-0.2, 0) is 12.3 Å². The maximum Gasteiger partial charge on any atom is 0.290 e. The van der Waals surface area contributed by atoms with Crippen LogP contribution in [0, 0.1) is 0 Å². The van der Waals surface area contributed by atoms with Crippen LogP contribution in [0.25, 0.3) is 11.3 Å². The van der Waals surface area contributed by atoms with Crippen molar-refractivity contribution in [2.45, 2.75) is 18.8 Å². The van der Waals surface area contributed by atoms with Gasteiger partial charge in [0.2, 0.25) is 5.28 Å². The molecule has 2 heterocycles. The Balaban J connectivity index is 2.25. The van der Waals surface area contributed by atoms with Gasteiger partial charge in [-0.2, -0.15) is 13.9 Å². The normalized spacial score (nSPS) is 17.1. The molecule has 0 spiro atoms. The van der Waals surface area contributed by atoms with Crippen LogP contribution in [0.3, 0.4) is 0 Å². The monoisotopic (exact) mass is 256 g/mol. The van der Waals surface area contributed by atoms with E-state index in [0.29, 0.717) is 16.8 Å². The fourth-order valence-corrected chi connectivity index (χ4v) is 2.18. The fourth-order valence-electron chi connectivity index (χ4n) is 2.02. The maximum absolute atomic E-state index is 13.6. The molecule has 0 amide bonds. The van der Waals surface area contributed by atoms with Crippen LogP contribution in [0.15, 0.2) is 12.4 Å². The van der Waals surface area contributed by atoms with Crippen LogP contribution < -0.4 is 0 Å². The van der Waals surface area contributed by atoms with Crippen molar-refractivity contribution in [1.82, 2.24) is 20.2 Å². The van der Waals surface area contributed by atoms with Crippen LogP contribution in [0.2, 0.25) is 5.28 Å². The highest BCUT2D eigenvalue weighted by molar-refractivity contribution is 6.28. The first-order valence-electron chi connectivity index (χ1n) is 5.02. The summed E-state index contributed by atoms with van der Waals surface area (Å²) in [6, 6.07) is 0. The Labute approximate surface area is 100 Å². The number of aromatic nitrogens is 4. The van der Waals surface area contributed by atoms with Crippen molar-refractivity contribution in [2.24, 2.45) is 0 Å². The molecule has 1 aliphatic carbocycles. The average Bonchev–Trinajstić information content (AvgIpc) is 2.87. The zero-order valence-electron chi connectivity index (χ0n) is 8.54. The molecule has 1 aliphatic rings. The summed E-state index contributed by atoms with van der Waals surface area (Å²) in [7, 11) is 0. The molecular formula is C10H7ClF2N4. The molecule has 0 atom stereocenters. The molecule has 0 fully saturated rings. The summed E-state index contributed by atoms with van der Waals surface area (Å²) in [6.45, 7) is 0. The number of aromatic amines is 1. The number of nitrogens with one attached hydrogen (secondary N) is 1. The van der Waals surface area contributed by atoms with E-state index in [0.717, 1.165) is 0 Å². The number of alkyl halides is 2. The molecule has 0 aliphatic heterocycles. The van der Waals surface area contributed by atoms with Crippen LogP contribution >= 0.6 is 11.6 Å². The number of fused-ring (bicyclic) bond motifs is 1. The van der Waals surface area contributed by atoms with Gasteiger partial charge in [0.25, 0.3) is 5.92 Å². The van der Waals surface area contributed by atoms with Crippen LogP contribution in [0.1, 0.15) is 17.7 Å². The minimum absolute atomic E-state index is 0.165. The van der Waals surface area contributed by atoms with Crippen molar-refractivity contribution in [3.05, 3.63) is 28.9 Å². The van der Waals surface area contributed by atoms with Crippen LogP contribution in [0.4, 0.5) is 8.78 Å². The van der Waals surface area contributed by atoms with Gasteiger partial charge in [-0.25, -0.2) is 9.97 Å². The van der Waals surface area contributed by atoms with Crippen molar-refractivity contribution in [3.63, 3.8) is 0 Å². The third-order valence-electron chi connectivity index (χ3n) is 2.79. The highest BCUT2D eigenvalue weighted by Crippen LogP contribution is 2.43. The quantitative estimate of drug-likeness (QED) is 0.798. The van der Waals surface area contributed by atoms with E-state index in [1.807, 2.05) is 0 Å². The van der Waals surface area contributed by atoms with Gasteiger partial charge in [-0.15, -0.1) is 0 Å². The zero-order valence-corrected chi connectivity index (χ0v) is 9.30. The second-order valence-corrected chi connectivity index (χ2v) is 4.20. The average molecular weight is 257 g/mol. The lowest BCUT2D eigenvalue weighted by Crippen LogP contribution is -2.11. The molecule has 7 heteroatoms. The third-order valence-corrected chi connectivity index (χ3v) is 2.96. The molecule has 0 saturated heterocycles. The van der Waals surface area contributed by atoms with E-state index in [-0.39, 0.29) is 23.8 Å². The summed E-state index contributed by atoms with van der Waals surface area (Å²) in [6.07, 6.45) is 3.12. The van der Waals surface area contributed by atoms with Crippen molar-refractivity contribution in [3.8, 4) is 11.3 Å². The Hall–Kier alpha value is -1.56. The Kier molecular flexibility index (Phi) is 2.16. The molecule has 2 aromatic heterocycles. The van der Waals surface area contributed by atoms with Gasteiger partial charge in [0, 0.05) is 23.7 Å². The summed E-state index contributed by atoms with van der Waals surface area (Å²) in [5.74, 6) is -2.92. The molecule has 2 aromatic rings. The molecule has 17 heavy (non-hydrogen) atoms. The zero-order chi connectivity index (χ0) is 12.0. The minimum Gasteiger partial charge on any atom is -0.285 e. The summed E-state index contributed by atoms with van der Waals surface area (Å²) in [5.41, 5.74) is 1.28. The molecule has 1 N–H and O–H groups in total. The van der Waals surface area contributed by atoms with E-state index in [1.165, 1.54) is 6.20 Å². The number of nitrogens with zero attached hydrogens (tertiary/aromatic N) is 3. The first kappa shape index (κ1) is 10.6. The summed E-state index contributed by atoms with van der Waals surface area (Å²) >= 11 is 5.69. The van der Waals surface area contributed by atoms with Gasteiger partial charge in [-0.3, -0.25) is 5.10 Å². The lowest BCUT2D eigenvalue weighted by atomic mass is 10.1. The first-order chi connectivity index (χ1) is 8.08. The van der Waals surface area contributed by atoms with Crippen molar-refractivity contribution in [1.29, 1.82) is 0 Å². The largest absolute Gasteiger partial charge is 0.290 e. The van der Waals surface area contributed by atoms with Crippen molar-refractivity contribution < 1.29 is 8.78 Å². The standard InChI is InChI=1S/C10H7ClF2N4/c11-9-16-7(5-3-14-15-4-5)6-1-2-10(12,13)8(6)17-9/h3-4H,1-2H2,(H,14,15). The highest BCUT2D eigenvalue weighted by atomic mass is 35.5. The predicted molar refractivity (Wildman–Crippen MR) is 56.8 cm³/mol. The van der Waals surface area contributed by atoms with E-state index < -0.39 is 5.92 Å². The Bertz CT molecular complexity index is 568. The van der Waals surface area contributed by atoms with Gasteiger partial charge in [-0.1, -0.05) is 0 Å². The third kappa shape index (κ3) is 1.59. The van der Waals surface area contributed by atoms with E-state index in [9.17, 15) is 8.78 Å². The van der Waals surface area contributed by atoms with Gasteiger partial charge in [0.1, 0.15) is 5.69 Å². The Morgan fingerprint density at radius 1 is 1.35 bits per heavy atom. The lowest BCUT2D eigenvalue weighted by Gasteiger charge is -2.10. The predicted octanol–water partition coefficient (Wildman–Crippen LogP) is 2.56. The fraction of sp³-hybridized carbons (Fsp3) is 0.300. The van der Waals surface area contributed by atoms with Gasteiger partial charge in [0.05, 0.1) is 11.9 Å². The molecule has 4 nitrogen and oxygen atoms in total. The van der Waals surface area contributed by atoms with E-state index >= 15 is 0 Å². The smallest absolute Gasteiger partial charge is 0.285 e. The molecule has 0 bridgehead atoms. The Morgan fingerprint density at radius 3 is 2.88 bits per heavy atom. The number of H-pyrrole nitrogens is 1. The lowest BCUT2D eigenvalue weighted by molar-refractivity contribution is -0.00597. The van der Waals surface area contributed by atoms with Gasteiger partial charge < -0.3 is 0 Å². The molecule has 3 rings (SSSR count). The Morgan fingerprint density at radius 2 is 2.18 bits per heavy atom. The summed E-state index contributed by atoms with van der Waals surface area (Å²) < 4.78 is 27.1. The summed E-state index contributed by atoms with van der Waals surface area (Å²) in [4.78, 5) is 7.66. The second kappa shape index (κ2) is 3.46. The molecule has 0 radical (unpaired) electrons. The van der Waals surface area contributed by atoms with Crippen molar-refractivity contribution >= 4 is 11.6 Å².